The molecule has 1 fully saturated rings. The molecule has 2 heteroatoms. The van der Waals surface area contributed by atoms with Crippen molar-refractivity contribution in [3.63, 3.8) is 0 Å². The molecule has 1 aliphatic carbocycles. The van der Waals surface area contributed by atoms with Gasteiger partial charge in [0.05, 0.1) is 12.2 Å². The van der Waals surface area contributed by atoms with Gasteiger partial charge in [-0.25, -0.2) is 4.79 Å². The van der Waals surface area contributed by atoms with Gasteiger partial charge in [-0.05, 0) is 54.5 Å². The number of esters is 1. The van der Waals surface area contributed by atoms with E-state index in [-0.39, 0.29) is 5.97 Å². The molecular formula is C21H24O2. The van der Waals surface area contributed by atoms with E-state index in [9.17, 15) is 4.79 Å². The Morgan fingerprint density at radius 3 is 2.39 bits per heavy atom. The molecule has 1 aliphatic rings. The summed E-state index contributed by atoms with van der Waals surface area (Å²) in [5.41, 5.74) is 4.21. The highest BCUT2D eigenvalue weighted by Crippen LogP contribution is 2.25. The van der Waals surface area contributed by atoms with Gasteiger partial charge in [-0.3, -0.25) is 0 Å². The van der Waals surface area contributed by atoms with E-state index in [1.807, 2.05) is 36.4 Å². The molecule has 0 amide bonds. The molecule has 0 radical (unpaired) electrons. The van der Waals surface area contributed by atoms with Crippen LogP contribution >= 0.6 is 0 Å². The van der Waals surface area contributed by atoms with Crippen molar-refractivity contribution in [2.75, 3.05) is 6.61 Å². The molecule has 0 heterocycles. The highest BCUT2D eigenvalue weighted by Gasteiger charge is 2.16. The van der Waals surface area contributed by atoms with Crippen LogP contribution in [0.4, 0.5) is 0 Å². The molecule has 2 nitrogen and oxygen atoms in total. The third-order valence-corrected chi connectivity index (χ3v) is 4.75. The van der Waals surface area contributed by atoms with Crippen LogP contribution in [0.15, 0.2) is 48.5 Å². The van der Waals surface area contributed by atoms with Crippen molar-refractivity contribution in [1.82, 2.24) is 0 Å². The Labute approximate surface area is 138 Å². The monoisotopic (exact) mass is 308 g/mol. The van der Waals surface area contributed by atoms with Gasteiger partial charge in [-0.1, -0.05) is 55.7 Å². The zero-order valence-corrected chi connectivity index (χ0v) is 13.8. The molecule has 0 atom stereocenters. The van der Waals surface area contributed by atoms with Crippen LogP contribution in [0.2, 0.25) is 0 Å². The normalized spacial score (nSPS) is 15.3. The summed E-state index contributed by atoms with van der Waals surface area (Å²) in [5.74, 6) is 0.353. The maximum absolute atomic E-state index is 12.2. The third-order valence-electron chi connectivity index (χ3n) is 4.75. The second kappa shape index (κ2) is 7.45. The van der Waals surface area contributed by atoms with Crippen molar-refractivity contribution < 1.29 is 9.53 Å². The summed E-state index contributed by atoms with van der Waals surface area (Å²) in [6.45, 7) is 2.67. The van der Waals surface area contributed by atoms with Gasteiger partial charge in [0, 0.05) is 0 Å². The molecule has 0 aromatic heterocycles. The van der Waals surface area contributed by atoms with E-state index in [4.69, 9.17) is 4.74 Å². The largest absolute Gasteiger partial charge is 0.462 e. The lowest BCUT2D eigenvalue weighted by molar-refractivity contribution is 0.0410. The number of ether oxygens (including phenoxy) is 1. The van der Waals surface area contributed by atoms with E-state index in [0.29, 0.717) is 18.1 Å². The summed E-state index contributed by atoms with van der Waals surface area (Å²) in [6, 6.07) is 16.0. The standard InChI is InChI=1S/C21H24O2/c1-16-7-5-6-10-20(16)18-11-13-19(14-12-18)21(22)23-15-17-8-3-2-4-9-17/h5-7,10-14,17H,2-4,8-9,15H2,1H3. The van der Waals surface area contributed by atoms with Gasteiger partial charge >= 0.3 is 5.97 Å². The Balaban J connectivity index is 1.62. The van der Waals surface area contributed by atoms with Gasteiger partial charge in [-0.2, -0.15) is 0 Å². The SMILES string of the molecule is Cc1ccccc1-c1ccc(C(=O)OCC2CCCCC2)cc1. The topological polar surface area (TPSA) is 26.3 Å². The average Bonchev–Trinajstić information content (AvgIpc) is 2.61. The fraction of sp³-hybridized carbons (Fsp3) is 0.381. The predicted octanol–water partition coefficient (Wildman–Crippen LogP) is 5.40. The maximum Gasteiger partial charge on any atom is 0.338 e. The number of benzene rings is 2. The van der Waals surface area contributed by atoms with Gasteiger partial charge < -0.3 is 4.74 Å². The number of carbonyl (C=O) groups excluding carboxylic acids is 1. The van der Waals surface area contributed by atoms with Crippen molar-refractivity contribution in [2.24, 2.45) is 5.92 Å². The lowest BCUT2D eigenvalue weighted by Gasteiger charge is -2.21. The minimum Gasteiger partial charge on any atom is -0.462 e. The highest BCUT2D eigenvalue weighted by atomic mass is 16.5. The minimum absolute atomic E-state index is 0.202. The lowest BCUT2D eigenvalue weighted by atomic mass is 9.90. The Morgan fingerprint density at radius 1 is 1.00 bits per heavy atom. The van der Waals surface area contributed by atoms with Crippen LogP contribution in [0.25, 0.3) is 11.1 Å². The molecule has 1 saturated carbocycles. The quantitative estimate of drug-likeness (QED) is 0.707. The third kappa shape index (κ3) is 4.01. The lowest BCUT2D eigenvalue weighted by Crippen LogP contribution is -2.16. The van der Waals surface area contributed by atoms with Crippen LogP contribution in [0.3, 0.4) is 0 Å². The molecule has 0 spiro atoms. The Kier molecular flexibility index (Phi) is 5.12. The highest BCUT2D eigenvalue weighted by molar-refractivity contribution is 5.90. The van der Waals surface area contributed by atoms with Crippen molar-refractivity contribution in [3.05, 3.63) is 59.7 Å². The minimum atomic E-state index is -0.202. The molecule has 0 bridgehead atoms. The van der Waals surface area contributed by atoms with Crippen LogP contribution < -0.4 is 0 Å². The molecule has 23 heavy (non-hydrogen) atoms. The molecular weight excluding hydrogens is 284 g/mol. The van der Waals surface area contributed by atoms with Gasteiger partial charge in [0.25, 0.3) is 0 Å². The second-order valence-corrected chi connectivity index (χ2v) is 6.49. The first-order chi connectivity index (χ1) is 11.2. The zero-order chi connectivity index (χ0) is 16.1. The summed E-state index contributed by atoms with van der Waals surface area (Å²) in [4.78, 5) is 12.2. The van der Waals surface area contributed by atoms with Gasteiger partial charge in [0.2, 0.25) is 0 Å². The molecule has 0 aliphatic heterocycles. The molecule has 2 aromatic carbocycles. The first kappa shape index (κ1) is 15.8. The summed E-state index contributed by atoms with van der Waals surface area (Å²) in [7, 11) is 0. The van der Waals surface area contributed by atoms with E-state index in [2.05, 4.69) is 19.1 Å². The zero-order valence-electron chi connectivity index (χ0n) is 13.8. The molecule has 0 N–H and O–H groups in total. The van der Waals surface area contributed by atoms with Gasteiger partial charge in [0.1, 0.15) is 0 Å². The number of hydrogen-bond donors (Lipinski definition) is 0. The molecule has 0 unspecified atom stereocenters. The fourth-order valence-electron chi connectivity index (χ4n) is 3.31. The predicted molar refractivity (Wildman–Crippen MR) is 93.5 cm³/mol. The van der Waals surface area contributed by atoms with E-state index in [1.54, 1.807) is 0 Å². The van der Waals surface area contributed by atoms with Crippen molar-refractivity contribution in [1.29, 1.82) is 0 Å². The van der Waals surface area contributed by atoms with Crippen LogP contribution in [0.1, 0.15) is 48.0 Å². The van der Waals surface area contributed by atoms with Crippen molar-refractivity contribution in [2.45, 2.75) is 39.0 Å². The van der Waals surface area contributed by atoms with E-state index < -0.39 is 0 Å². The van der Waals surface area contributed by atoms with Crippen LogP contribution in [-0.2, 0) is 4.74 Å². The summed E-state index contributed by atoms with van der Waals surface area (Å²) < 4.78 is 5.50. The van der Waals surface area contributed by atoms with Gasteiger partial charge in [0.15, 0.2) is 0 Å². The first-order valence-corrected chi connectivity index (χ1v) is 8.57. The number of hydrogen-bond acceptors (Lipinski definition) is 2. The Morgan fingerprint density at radius 2 is 1.70 bits per heavy atom. The molecule has 120 valence electrons. The average molecular weight is 308 g/mol. The number of rotatable bonds is 4. The van der Waals surface area contributed by atoms with Crippen molar-refractivity contribution in [3.8, 4) is 11.1 Å². The number of carbonyl (C=O) groups is 1. The van der Waals surface area contributed by atoms with Crippen LogP contribution in [-0.4, -0.2) is 12.6 Å². The molecule has 0 saturated heterocycles. The number of aryl methyl sites for hydroxylation is 1. The summed E-state index contributed by atoms with van der Waals surface area (Å²) in [6.07, 6.45) is 6.25. The Bertz CT molecular complexity index is 652. The smallest absolute Gasteiger partial charge is 0.338 e. The second-order valence-electron chi connectivity index (χ2n) is 6.49. The van der Waals surface area contributed by atoms with Crippen LogP contribution in [0.5, 0.6) is 0 Å². The van der Waals surface area contributed by atoms with Crippen LogP contribution in [0, 0.1) is 12.8 Å². The van der Waals surface area contributed by atoms with E-state index in [0.717, 1.165) is 5.56 Å². The van der Waals surface area contributed by atoms with E-state index in [1.165, 1.54) is 43.2 Å². The summed E-state index contributed by atoms with van der Waals surface area (Å²) >= 11 is 0. The maximum atomic E-state index is 12.2. The van der Waals surface area contributed by atoms with E-state index >= 15 is 0 Å². The molecule has 3 rings (SSSR count). The fourth-order valence-corrected chi connectivity index (χ4v) is 3.31. The molecule has 2 aromatic rings. The van der Waals surface area contributed by atoms with Crippen molar-refractivity contribution >= 4 is 5.97 Å². The first-order valence-electron chi connectivity index (χ1n) is 8.57. The summed E-state index contributed by atoms with van der Waals surface area (Å²) in [5, 5.41) is 0. The Hall–Kier alpha value is -2.09. The van der Waals surface area contributed by atoms with Gasteiger partial charge in [-0.15, -0.1) is 0 Å².